The topological polar surface area (TPSA) is 37.4 Å². The number of halogens is 3. The van der Waals surface area contributed by atoms with E-state index in [0.29, 0.717) is 34.8 Å². The summed E-state index contributed by atoms with van der Waals surface area (Å²) in [7, 11) is 0. The Morgan fingerprint density at radius 2 is 1.79 bits per heavy atom. The normalized spacial score (nSPS) is 21.4. The van der Waals surface area contributed by atoms with Crippen LogP contribution < -0.4 is 4.90 Å². The molecular formula is C23H20Cl2FNO2. The Kier molecular flexibility index (Phi) is 5.04. The molecule has 0 saturated carbocycles. The van der Waals surface area contributed by atoms with Gasteiger partial charge in [-0.2, -0.15) is 0 Å². The fourth-order valence-electron chi connectivity index (χ4n) is 4.42. The first kappa shape index (κ1) is 20.1. The highest BCUT2D eigenvalue weighted by Gasteiger charge is 2.45. The SMILES string of the molecule is CC1(C)CC(=O)C2=C(C1)N(c1cccc(Cl)c1)C(=O)CC2c1c(F)cccc1Cl. The number of carbonyl (C=O) groups is 2. The van der Waals surface area contributed by atoms with Crippen LogP contribution in [-0.4, -0.2) is 11.7 Å². The lowest BCUT2D eigenvalue weighted by Gasteiger charge is -2.43. The van der Waals surface area contributed by atoms with Crippen molar-refractivity contribution in [2.45, 2.75) is 39.0 Å². The van der Waals surface area contributed by atoms with Crippen molar-refractivity contribution in [3.8, 4) is 0 Å². The highest BCUT2D eigenvalue weighted by atomic mass is 35.5. The van der Waals surface area contributed by atoms with Crippen LogP contribution in [0.5, 0.6) is 0 Å². The zero-order valence-electron chi connectivity index (χ0n) is 16.1. The van der Waals surface area contributed by atoms with Crippen molar-refractivity contribution in [2.24, 2.45) is 5.41 Å². The molecule has 6 heteroatoms. The number of hydrogen-bond donors (Lipinski definition) is 0. The Labute approximate surface area is 179 Å². The third-order valence-electron chi connectivity index (χ3n) is 5.56. The molecule has 0 bridgehead atoms. The van der Waals surface area contributed by atoms with Gasteiger partial charge in [-0.25, -0.2) is 4.39 Å². The molecule has 2 aliphatic rings. The zero-order chi connectivity index (χ0) is 20.9. The van der Waals surface area contributed by atoms with E-state index in [1.54, 1.807) is 35.2 Å². The summed E-state index contributed by atoms with van der Waals surface area (Å²) in [6.07, 6.45) is 0.832. The van der Waals surface area contributed by atoms with Crippen molar-refractivity contribution in [1.29, 1.82) is 0 Å². The van der Waals surface area contributed by atoms with E-state index in [1.807, 2.05) is 13.8 Å². The number of Topliss-reactive ketones (excluding diaryl/α,β-unsaturated/α-hetero) is 1. The Hall–Kier alpha value is -2.17. The minimum Gasteiger partial charge on any atom is -0.294 e. The van der Waals surface area contributed by atoms with Gasteiger partial charge in [0.1, 0.15) is 5.82 Å². The van der Waals surface area contributed by atoms with Crippen LogP contribution in [0.4, 0.5) is 10.1 Å². The van der Waals surface area contributed by atoms with Gasteiger partial charge in [0.2, 0.25) is 5.91 Å². The van der Waals surface area contributed by atoms with Gasteiger partial charge < -0.3 is 0 Å². The summed E-state index contributed by atoms with van der Waals surface area (Å²) in [4.78, 5) is 28.0. The number of amides is 1. The van der Waals surface area contributed by atoms with Crippen molar-refractivity contribution in [3.05, 3.63) is 75.2 Å². The molecule has 0 fully saturated rings. The van der Waals surface area contributed by atoms with Crippen LogP contribution in [0.25, 0.3) is 0 Å². The molecule has 1 amide bonds. The Bertz CT molecular complexity index is 1040. The molecule has 29 heavy (non-hydrogen) atoms. The second-order valence-corrected chi connectivity index (χ2v) is 9.25. The smallest absolute Gasteiger partial charge is 0.232 e. The van der Waals surface area contributed by atoms with E-state index in [4.69, 9.17) is 23.2 Å². The molecule has 2 aromatic rings. The van der Waals surface area contributed by atoms with Crippen molar-refractivity contribution in [3.63, 3.8) is 0 Å². The fourth-order valence-corrected chi connectivity index (χ4v) is 4.90. The third kappa shape index (κ3) is 3.60. The number of allylic oxidation sites excluding steroid dienone is 2. The maximum Gasteiger partial charge on any atom is 0.232 e. The third-order valence-corrected chi connectivity index (χ3v) is 6.12. The van der Waals surface area contributed by atoms with Gasteiger partial charge in [0.05, 0.1) is 5.69 Å². The lowest BCUT2D eigenvalue weighted by atomic mass is 9.69. The van der Waals surface area contributed by atoms with Crippen LogP contribution in [0.2, 0.25) is 10.0 Å². The molecule has 3 nitrogen and oxygen atoms in total. The average molecular weight is 432 g/mol. The first-order chi connectivity index (χ1) is 13.7. The predicted octanol–water partition coefficient (Wildman–Crippen LogP) is 6.30. The summed E-state index contributed by atoms with van der Waals surface area (Å²) in [6, 6.07) is 11.4. The number of rotatable bonds is 2. The molecule has 1 unspecified atom stereocenters. The molecule has 0 saturated heterocycles. The van der Waals surface area contributed by atoms with Gasteiger partial charge in [-0.15, -0.1) is 0 Å². The Balaban J connectivity index is 1.95. The van der Waals surface area contributed by atoms with E-state index in [2.05, 4.69) is 0 Å². The first-order valence-corrected chi connectivity index (χ1v) is 10.2. The zero-order valence-corrected chi connectivity index (χ0v) is 17.6. The van der Waals surface area contributed by atoms with Crippen LogP contribution in [-0.2, 0) is 9.59 Å². The molecule has 1 atom stereocenters. The average Bonchev–Trinajstić information content (AvgIpc) is 2.60. The van der Waals surface area contributed by atoms with Gasteiger partial charge >= 0.3 is 0 Å². The summed E-state index contributed by atoms with van der Waals surface area (Å²) < 4.78 is 14.7. The van der Waals surface area contributed by atoms with E-state index >= 15 is 0 Å². The number of anilines is 1. The number of ketones is 1. The van der Waals surface area contributed by atoms with Crippen molar-refractivity contribution < 1.29 is 14.0 Å². The molecule has 150 valence electrons. The minimum absolute atomic E-state index is 0.0296. The summed E-state index contributed by atoms with van der Waals surface area (Å²) in [6.45, 7) is 3.99. The highest BCUT2D eigenvalue weighted by Crippen LogP contribution is 2.49. The molecule has 1 heterocycles. The van der Waals surface area contributed by atoms with Crippen LogP contribution in [0, 0.1) is 11.2 Å². The van der Waals surface area contributed by atoms with Gasteiger partial charge in [0.25, 0.3) is 0 Å². The van der Waals surface area contributed by atoms with E-state index in [1.165, 1.54) is 12.1 Å². The minimum atomic E-state index is -0.690. The van der Waals surface area contributed by atoms with Crippen LogP contribution in [0.3, 0.4) is 0 Å². The molecule has 0 aromatic heterocycles. The number of benzene rings is 2. The molecule has 1 aliphatic carbocycles. The largest absolute Gasteiger partial charge is 0.294 e. The molecule has 0 radical (unpaired) electrons. The molecular weight excluding hydrogens is 412 g/mol. The molecule has 4 rings (SSSR count). The van der Waals surface area contributed by atoms with Crippen molar-refractivity contribution in [2.75, 3.05) is 4.90 Å². The van der Waals surface area contributed by atoms with Gasteiger partial charge in [-0.3, -0.25) is 14.5 Å². The number of carbonyl (C=O) groups excluding carboxylic acids is 2. The maximum absolute atomic E-state index is 14.7. The monoisotopic (exact) mass is 431 g/mol. The lowest BCUT2D eigenvalue weighted by molar-refractivity contribution is -0.121. The number of nitrogens with zero attached hydrogens (tertiary/aromatic N) is 1. The first-order valence-electron chi connectivity index (χ1n) is 9.46. The van der Waals surface area contributed by atoms with Gasteiger partial charge in [0.15, 0.2) is 5.78 Å². The van der Waals surface area contributed by atoms with Crippen LogP contribution in [0.1, 0.15) is 44.6 Å². The summed E-state index contributed by atoms with van der Waals surface area (Å²) >= 11 is 12.5. The molecule has 1 aliphatic heterocycles. The van der Waals surface area contributed by atoms with Crippen LogP contribution in [0.15, 0.2) is 53.7 Å². The second kappa shape index (κ2) is 7.26. The summed E-state index contributed by atoms with van der Waals surface area (Å²) in [5.41, 5.74) is 1.62. The second-order valence-electron chi connectivity index (χ2n) is 8.40. The number of hydrogen-bond acceptors (Lipinski definition) is 2. The van der Waals surface area contributed by atoms with E-state index in [-0.39, 0.29) is 34.1 Å². The lowest BCUT2D eigenvalue weighted by Crippen LogP contribution is -2.44. The van der Waals surface area contributed by atoms with Crippen molar-refractivity contribution >= 4 is 40.6 Å². The Morgan fingerprint density at radius 3 is 2.48 bits per heavy atom. The van der Waals surface area contributed by atoms with Gasteiger partial charge in [-0.05, 0) is 42.2 Å². The van der Waals surface area contributed by atoms with Gasteiger partial charge in [0, 0.05) is 45.6 Å². The van der Waals surface area contributed by atoms with Crippen molar-refractivity contribution in [1.82, 2.24) is 0 Å². The summed E-state index contributed by atoms with van der Waals surface area (Å²) in [5, 5.41) is 0.724. The Morgan fingerprint density at radius 1 is 1.07 bits per heavy atom. The fraction of sp³-hybridized carbons (Fsp3) is 0.304. The highest BCUT2D eigenvalue weighted by molar-refractivity contribution is 6.31. The molecule has 2 aromatic carbocycles. The van der Waals surface area contributed by atoms with Gasteiger partial charge in [-0.1, -0.05) is 49.2 Å². The van der Waals surface area contributed by atoms with E-state index < -0.39 is 11.7 Å². The molecule has 0 N–H and O–H groups in total. The molecule has 0 spiro atoms. The maximum atomic E-state index is 14.7. The quantitative estimate of drug-likeness (QED) is 0.559. The van der Waals surface area contributed by atoms with Crippen LogP contribution >= 0.6 is 23.2 Å². The standard InChI is InChI=1S/C23H20Cl2FNO2/c1-23(2)11-18-22(19(28)12-23)15(21-16(25)7-4-8-17(21)26)10-20(29)27(18)14-6-3-5-13(24)9-14/h3-9,15H,10-12H2,1-2H3. The van der Waals surface area contributed by atoms with E-state index in [9.17, 15) is 14.0 Å². The van der Waals surface area contributed by atoms with E-state index in [0.717, 1.165) is 0 Å². The summed E-state index contributed by atoms with van der Waals surface area (Å²) in [5.74, 6) is -1.47. The predicted molar refractivity (Wildman–Crippen MR) is 113 cm³/mol.